The van der Waals surface area contributed by atoms with Gasteiger partial charge in [0.1, 0.15) is 11.5 Å². The van der Waals surface area contributed by atoms with Crippen molar-refractivity contribution in [3.05, 3.63) is 39.7 Å². The molecular weight excluding hydrogens is 320 g/mol. The highest BCUT2D eigenvalue weighted by Gasteiger charge is 2.28. The monoisotopic (exact) mass is 344 g/mol. The van der Waals surface area contributed by atoms with Crippen LogP contribution in [0.2, 0.25) is 0 Å². The number of anilines is 2. The maximum Gasteiger partial charge on any atom is 0.333 e. The van der Waals surface area contributed by atoms with E-state index in [2.05, 4.69) is 26.4 Å². The number of nitrogens with zero attached hydrogens (tertiary/aromatic N) is 5. The van der Waals surface area contributed by atoms with E-state index in [0.29, 0.717) is 17.9 Å². The summed E-state index contributed by atoms with van der Waals surface area (Å²) in [4.78, 5) is 17.8. The molecule has 1 aliphatic heterocycles. The lowest BCUT2D eigenvalue weighted by Gasteiger charge is -2.33. The zero-order valence-corrected chi connectivity index (χ0v) is 14.9. The van der Waals surface area contributed by atoms with Crippen molar-refractivity contribution in [3.63, 3.8) is 0 Å². The van der Waals surface area contributed by atoms with E-state index in [1.54, 1.807) is 11.7 Å². The lowest BCUT2D eigenvalue weighted by molar-refractivity contribution is -0.384. The molecule has 0 radical (unpaired) electrons. The Morgan fingerprint density at radius 1 is 1.36 bits per heavy atom. The average molecular weight is 344 g/mol. The molecule has 2 aromatic rings. The first kappa shape index (κ1) is 17.2. The number of hydrogen-bond donors (Lipinski definition) is 1. The second kappa shape index (κ2) is 7.08. The summed E-state index contributed by atoms with van der Waals surface area (Å²) >= 11 is 0. The van der Waals surface area contributed by atoms with Crippen LogP contribution in [0.1, 0.15) is 31.0 Å². The highest BCUT2D eigenvalue weighted by Crippen LogP contribution is 2.30. The second-order valence-electron chi connectivity index (χ2n) is 6.48. The van der Waals surface area contributed by atoms with Gasteiger partial charge in [-0.05, 0) is 37.8 Å². The molecule has 0 amide bonds. The van der Waals surface area contributed by atoms with E-state index >= 15 is 0 Å². The van der Waals surface area contributed by atoms with Crippen molar-refractivity contribution in [2.45, 2.75) is 39.2 Å². The summed E-state index contributed by atoms with van der Waals surface area (Å²) < 4.78 is 1.59. The number of rotatable bonds is 5. The van der Waals surface area contributed by atoms with Gasteiger partial charge in [0, 0.05) is 32.4 Å². The first-order chi connectivity index (χ1) is 12.0. The van der Waals surface area contributed by atoms with Crippen molar-refractivity contribution in [2.24, 2.45) is 7.05 Å². The van der Waals surface area contributed by atoms with Crippen molar-refractivity contribution in [3.8, 4) is 0 Å². The highest BCUT2D eigenvalue weighted by atomic mass is 16.6. The Labute approximate surface area is 147 Å². The minimum atomic E-state index is -0.334. The van der Waals surface area contributed by atoms with E-state index in [1.807, 2.05) is 26.1 Å². The first-order valence-corrected chi connectivity index (χ1v) is 8.64. The molecule has 1 saturated heterocycles. The Hall–Kier alpha value is -2.64. The fourth-order valence-corrected chi connectivity index (χ4v) is 3.25. The normalized spacial score (nSPS) is 15.4. The maximum absolute atomic E-state index is 11.4. The zero-order chi connectivity index (χ0) is 18.0. The number of nitrogens with one attached hydrogen (secondary N) is 1. The quantitative estimate of drug-likeness (QED) is 0.662. The lowest BCUT2D eigenvalue weighted by Crippen LogP contribution is -2.39. The van der Waals surface area contributed by atoms with Gasteiger partial charge in [-0.1, -0.05) is 13.0 Å². The van der Waals surface area contributed by atoms with Gasteiger partial charge in [0.25, 0.3) is 0 Å². The number of pyridine rings is 1. The first-order valence-electron chi connectivity index (χ1n) is 8.64. The molecule has 0 saturated carbocycles. The van der Waals surface area contributed by atoms with Crippen LogP contribution >= 0.6 is 0 Å². The van der Waals surface area contributed by atoms with E-state index in [0.717, 1.165) is 37.3 Å². The number of aryl methyl sites for hydroxylation is 3. The summed E-state index contributed by atoms with van der Waals surface area (Å²) in [5.74, 6) is 1.50. The Kier molecular flexibility index (Phi) is 4.87. The number of nitro groups is 1. The molecule has 0 atom stereocenters. The van der Waals surface area contributed by atoms with Crippen molar-refractivity contribution < 1.29 is 4.92 Å². The van der Waals surface area contributed by atoms with Crippen LogP contribution in [0.4, 0.5) is 17.3 Å². The van der Waals surface area contributed by atoms with Crippen LogP contribution in [0.25, 0.3) is 0 Å². The topological polar surface area (TPSA) is 89.1 Å². The van der Waals surface area contributed by atoms with Crippen molar-refractivity contribution in [2.75, 3.05) is 23.3 Å². The molecule has 1 aliphatic rings. The molecule has 0 aromatic carbocycles. The smallest absolute Gasteiger partial charge is 0.333 e. The molecule has 0 bridgehead atoms. The molecule has 2 aromatic heterocycles. The summed E-state index contributed by atoms with van der Waals surface area (Å²) in [6, 6.07) is 4.31. The highest BCUT2D eigenvalue weighted by molar-refractivity contribution is 5.60. The predicted octanol–water partition coefficient (Wildman–Crippen LogP) is 2.68. The van der Waals surface area contributed by atoms with Gasteiger partial charge in [-0.2, -0.15) is 5.10 Å². The zero-order valence-electron chi connectivity index (χ0n) is 14.9. The minimum Gasteiger partial charge on any atom is -0.362 e. The van der Waals surface area contributed by atoms with Gasteiger partial charge in [-0.25, -0.2) is 9.67 Å². The SMILES string of the molecule is CCc1nn(C)c(NC2CCN(c3ccc(C)cn3)CC2)c1[N+](=O)[O-]. The van der Waals surface area contributed by atoms with Gasteiger partial charge in [-0.15, -0.1) is 0 Å². The van der Waals surface area contributed by atoms with Gasteiger partial charge in [0.15, 0.2) is 0 Å². The van der Waals surface area contributed by atoms with Gasteiger partial charge < -0.3 is 10.2 Å². The third-order valence-electron chi connectivity index (χ3n) is 4.66. The molecule has 1 N–H and O–H groups in total. The lowest BCUT2D eigenvalue weighted by atomic mass is 10.0. The third-order valence-corrected chi connectivity index (χ3v) is 4.66. The minimum absolute atomic E-state index is 0.104. The summed E-state index contributed by atoms with van der Waals surface area (Å²) in [6.45, 7) is 5.66. The van der Waals surface area contributed by atoms with Crippen LogP contribution in [0, 0.1) is 17.0 Å². The van der Waals surface area contributed by atoms with Crippen molar-refractivity contribution in [1.82, 2.24) is 14.8 Å². The molecule has 3 rings (SSSR count). The number of hydrogen-bond acceptors (Lipinski definition) is 6. The van der Waals surface area contributed by atoms with Gasteiger partial charge in [-0.3, -0.25) is 10.1 Å². The molecule has 8 heteroatoms. The van der Waals surface area contributed by atoms with E-state index < -0.39 is 0 Å². The Bertz CT molecular complexity index is 747. The largest absolute Gasteiger partial charge is 0.362 e. The van der Waals surface area contributed by atoms with Crippen LogP contribution in [-0.2, 0) is 13.5 Å². The molecule has 0 unspecified atom stereocenters. The van der Waals surface area contributed by atoms with Crippen LogP contribution < -0.4 is 10.2 Å². The van der Waals surface area contributed by atoms with E-state index in [1.165, 1.54) is 0 Å². The van der Waals surface area contributed by atoms with Crippen LogP contribution in [0.3, 0.4) is 0 Å². The molecule has 25 heavy (non-hydrogen) atoms. The molecule has 1 fully saturated rings. The Morgan fingerprint density at radius 3 is 2.64 bits per heavy atom. The maximum atomic E-state index is 11.4. The van der Waals surface area contributed by atoms with Crippen LogP contribution in [0.15, 0.2) is 18.3 Å². The van der Waals surface area contributed by atoms with Crippen LogP contribution in [0.5, 0.6) is 0 Å². The molecule has 134 valence electrons. The van der Waals surface area contributed by atoms with Crippen molar-refractivity contribution in [1.29, 1.82) is 0 Å². The molecule has 0 aliphatic carbocycles. The summed E-state index contributed by atoms with van der Waals surface area (Å²) in [5, 5.41) is 19.0. The van der Waals surface area contributed by atoms with E-state index in [-0.39, 0.29) is 16.7 Å². The molecular formula is C17H24N6O2. The van der Waals surface area contributed by atoms with E-state index in [9.17, 15) is 10.1 Å². The fourth-order valence-electron chi connectivity index (χ4n) is 3.25. The number of aromatic nitrogens is 3. The molecule has 0 spiro atoms. The Balaban J connectivity index is 1.67. The van der Waals surface area contributed by atoms with Gasteiger partial charge in [0.05, 0.1) is 4.92 Å². The van der Waals surface area contributed by atoms with Gasteiger partial charge >= 0.3 is 5.69 Å². The average Bonchev–Trinajstić information content (AvgIpc) is 2.92. The van der Waals surface area contributed by atoms with Gasteiger partial charge in [0.2, 0.25) is 5.82 Å². The van der Waals surface area contributed by atoms with E-state index in [4.69, 9.17) is 0 Å². The van der Waals surface area contributed by atoms with Crippen LogP contribution in [-0.4, -0.2) is 38.8 Å². The summed E-state index contributed by atoms with van der Waals surface area (Å²) in [6.07, 6.45) is 4.23. The standard InChI is InChI=1S/C17H24N6O2/c1-4-14-16(23(24)25)17(21(3)20-14)19-13-7-9-22(10-8-13)15-6-5-12(2)11-18-15/h5-6,11,13,19H,4,7-10H2,1-3H3. The van der Waals surface area contributed by atoms with Crippen molar-refractivity contribution >= 4 is 17.3 Å². The summed E-state index contributed by atoms with van der Waals surface area (Å²) in [7, 11) is 1.75. The summed E-state index contributed by atoms with van der Waals surface area (Å²) in [5.41, 5.74) is 1.78. The molecule has 8 nitrogen and oxygen atoms in total. The third kappa shape index (κ3) is 3.57. The fraction of sp³-hybridized carbons (Fsp3) is 0.529. The second-order valence-corrected chi connectivity index (χ2v) is 6.48. The predicted molar refractivity (Wildman–Crippen MR) is 97.1 cm³/mol. The Morgan fingerprint density at radius 2 is 2.08 bits per heavy atom. The number of piperidine rings is 1. The molecule has 3 heterocycles.